The SMILES string of the molecule is Cc1ccccc1-c1cc(F)cc2c1OC(CN)O2. The van der Waals surface area contributed by atoms with E-state index in [0.29, 0.717) is 17.1 Å². The van der Waals surface area contributed by atoms with E-state index in [1.165, 1.54) is 12.1 Å². The van der Waals surface area contributed by atoms with Crippen molar-refractivity contribution < 1.29 is 13.9 Å². The van der Waals surface area contributed by atoms with E-state index < -0.39 is 6.29 Å². The number of hydrogen-bond donors (Lipinski definition) is 1. The molecule has 2 N–H and O–H groups in total. The van der Waals surface area contributed by atoms with Crippen LogP contribution in [0, 0.1) is 12.7 Å². The Labute approximate surface area is 110 Å². The maximum atomic E-state index is 13.7. The molecule has 1 heterocycles. The van der Waals surface area contributed by atoms with Gasteiger partial charge < -0.3 is 15.2 Å². The molecule has 2 aromatic carbocycles. The molecule has 0 bridgehead atoms. The highest BCUT2D eigenvalue weighted by Crippen LogP contribution is 2.44. The molecular formula is C15H14FNO2. The zero-order chi connectivity index (χ0) is 13.4. The molecule has 3 nitrogen and oxygen atoms in total. The Morgan fingerprint density at radius 2 is 1.95 bits per heavy atom. The summed E-state index contributed by atoms with van der Waals surface area (Å²) in [6, 6.07) is 10.6. The van der Waals surface area contributed by atoms with E-state index in [1.807, 2.05) is 31.2 Å². The molecule has 0 aromatic heterocycles. The van der Waals surface area contributed by atoms with Crippen molar-refractivity contribution >= 4 is 0 Å². The molecular weight excluding hydrogens is 245 g/mol. The molecule has 1 aliphatic rings. The molecule has 0 spiro atoms. The van der Waals surface area contributed by atoms with Gasteiger partial charge in [-0.25, -0.2) is 4.39 Å². The molecule has 1 aliphatic heterocycles. The minimum Gasteiger partial charge on any atom is -0.449 e. The van der Waals surface area contributed by atoms with Crippen LogP contribution in [0.4, 0.5) is 4.39 Å². The van der Waals surface area contributed by atoms with Gasteiger partial charge in [-0.2, -0.15) is 0 Å². The first kappa shape index (κ1) is 12.0. The third kappa shape index (κ3) is 2.04. The number of halogens is 1. The first-order valence-corrected chi connectivity index (χ1v) is 6.12. The Bertz CT molecular complexity index is 628. The van der Waals surface area contributed by atoms with E-state index in [2.05, 4.69) is 0 Å². The van der Waals surface area contributed by atoms with Gasteiger partial charge in [0.05, 0.1) is 6.54 Å². The maximum Gasteiger partial charge on any atom is 0.253 e. The summed E-state index contributed by atoms with van der Waals surface area (Å²) in [5.41, 5.74) is 8.21. The lowest BCUT2D eigenvalue weighted by Gasteiger charge is -2.10. The number of fused-ring (bicyclic) bond motifs is 1. The molecule has 0 saturated carbocycles. The summed E-state index contributed by atoms with van der Waals surface area (Å²) >= 11 is 0. The van der Waals surface area contributed by atoms with Crippen molar-refractivity contribution in [2.45, 2.75) is 13.2 Å². The average Bonchev–Trinajstić information content (AvgIpc) is 2.81. The van der Waals surface area contributed by atoms with Crippen molar-refractivity contribution in [1.82, 2.24) is 0 Å². The van der Waals surface area contributed by atoms with Crippen molar-refractivity contribution in [3.63, 3.8) is 0 Å². The summed E-state index contributed by atoms with van der Waals surface area (Å²) in [4.78, 5) is 0. The van der Waals surface area contributed by atoms with Crippen LogP contribution in [0.2, 0.25) is 0 Å². The highest BCUT2D eigenvalue weighted by Gasteiger charge is 2.27. The van der Waals surface area contributed by atoms with Gasteiger partial charge in [0.15, 0.2) is 11.5 Å². The fraction of sp³-hybridized carbons (Fsp3) is 0.200. The van der Waals surface area contributed by atoms with Gasteiger partial charge in [-0.15, -0.1) is 0 Å². The third-order valence-electron chi connectivity index (χ3n) is 3.16. The van der Waals surface area contributed by atoms with E-state index in [-0.39, 0.29) is 12.4 Å². The molecule has 0 amide bonds. The van der Waals surface area contributed by atoms with Crippen LogP contribution in [0.3, 0.4) is 0 Å². The fourth-order valence-electron chi connectivity index (χ4n) is 2.25. The third-order valence-corrected chi connectivity index (χ3v) is 3.16. The number of nitrogens with two attached hydrogens (primary N) is 1. The smallest absolute Gasteiger partial charge is 0.253 e. The van der Waals surface area contributed by atoms with Crippen molar-refractivity contribution in [3.05, 3.63) is 47.8 Å². The van der Waals surface area contributed by atoms with Crippen molar-refractivity contribution in [2.24, 2.45) is 5.73 Å². The van der Waals surface area contributed by atoms with E-state index >= 15 is 0 Å². The van der Waals surface area contributed by atoms with Gasteiger partial charge in [0.25, 0.3) is 6.29 Å². The second-order valence-electron chi connectivity index (χ2n) is 4.50. The van der Waals surface area contributed by atoms with Gasteiger partial charge >= 0.3 is 0 Å². The molecule has 2 aromatic rings. The van der Waals surface area contributed by atoms with Crippen LogP contribution in [-0.2, 0) is 0 Å². The van der Waals surface area contributed by atoms with E-state index in [4.69, 9.17) is 15.2 Å². The van der Waals surface area contributed by atoms with Crippen LogP contribution in [0.5, 0.6) is 11.5 Å². The van der Waals surface area contributed by atoms with Gasteiger partial charge in [0, 0.05) is 11.6 Å². The molecule has 3 rings (SSSR count). The molecule has 0 fully saturated rings. The summed E-state index contributed by atoms with van der Waals surface area (Å²) in [5, 5.41) is 0. The molecule has 19 heavy (non-hydrogen) atoms. The molecule has 0 aliphatic carbocycles. The summed E-state index contributed by atoms with van der Waals surface area (Å²) in [6.07, 6.45) is -0.542. The zero-order valence-corrected chi connectivity index (χ0v) is 10.5. The highest BCUT2D eigenvalue weighted by atomic mass is 19.1. The Kier molecular flexibility index (Phi) is 2.87. The highest BCUT2D eigenvalue weighted by molar-refractivity contribution is 5.76. The van der Waals surface area contributed by atoms with E-state index in [1.54, 1.807) is 0 Å². The van der Waals surface area contributed by atoms with Gasteiger partial charge in [-0.1, -0.05) is 24.3 Å². The number of ether oxygens (including phenoxy) is 2. The maximum absolute atomic E-state index is 13.7. The predicted molar refractivity (Wildman–Crippen MR) is 70.7 cm³/mol. The summed E-state index contributed by atoms with van der Waals surface area (Å²) in [5.74, 6) is 0.623. The lowest BCUT2D eigenvalue weighted by Crippen LogP contribution is -2.28. The van der Waals surface area contributed by atoms with Crippen molar-refractivity contribution in [2.75, 3.05) is 6.54 Å². The van der Waals surface area contributed by atoms with Crippen LogP contribution in [0.25, 0.3) is 11.1 Å². The first-order valence-electron chi connectivity index (χ1n) is 6.12. The quantitative estimate of drug-likeness (QED) is 0.902. The molecule has 1 unspecified atom stereocenters. The van der Waals surface area contributed by atoms with Gasteiger partial charge in [-0.3, -0.25) is 0 Å². The predicted octanol–water partition coefficient (Wildman–Crippen LogP) is 2.86. The molecule has 1 atom stereocenters. The van der Waals surface area contributed by atoms with Crippen LogP contribution in [0.1, 0.15) is 5.56 Å². The Morgan fingerprint density at radius 3 is 2.68 bits per heavy atom. The number of rotatable bonds is 2. The van der Waals surface area contributed by atoms with Gasteiger partial charge in [0.1, 0.15) is 5.82 Å². The molecule has 0 radical (unpaired) electrons. The topological polar surface area (TPSA) is 44.5 Å². The Morgan fingerprint density at radius 1 is 1.16 bits per heavy atom. The second-order valence-corrected chi connectivity index (χ2v) is 4.50. The van der Waals surface area contributed by atoms with Crippen molar-refractivity contribution in [1.29, 1.82) is 0 Å². The summed E-state index contributed by atoms with van der Waals surface area (Å²) in [6.45, 7) is 2.20. The van der Waals surface area contributed by atoms with Crippen LogP contribution >= 0.6 is 0 Å². The van der Waals surface area contributed by atoms with E-state index in [0.717, 1.165) is 11.1 Å². The largest absolute Gasteiger partial charge is 0.449 e. The standard InChI is InChI=1S/C15H14FNO2/c1-9-4-2-3-5-11(9)12-6-10(16)7-13-15(12)19-14(8-17)18-13/h2-7,14H,8,17H2,1H3. The summed E-state index contributed by atoms with van der Waals surface area (Å²) < 4.78 is 24.8. The normalized spacial score (nSPS) is 16.7. The number of aryl methyl sites for hydroxylation is 1. The summed E-state index contributed by atoms with van der Waals surface area (Å²) in [7, 11) is 0. The monoisotopic (exact) mass is 259 g/mol. The minimum atomic E-state index is -0.542. The molecule has 98 valence electrons. The van der Waals surface area contributed by atoms with E-state index in [9.17, 15) is 4.39 Å². The Balaban J connectivity index is 2.16. The van der Waals surface area contributed by atoms with Gasteiger partial charge in [0.2, 0.25) is 0 Å². The van der Waals surface area contributed by atoms with Crippen molar-refractivity contribution in [3.8, 4) is 22.6 Å². The zero-order valence-electron chi connectivity index (χ0n) is 10.5. The lowest BCUT2D eigenvalue weighted by molar-refractivity contribution is 0.0582. The van der Waals surface area contributed by atoms with Crippen LogP contribution in [0.15, 0.2) is 36.4 Å². The Hall–Kier alpha value is -2.07. The van der Waals surface area contributed by atoms with Gasteiger partial charge in [-0.05, 0) is 24.1 Å². The second kappa shape index (κ2) is 4.55. The van der Waals surface area contributed by atoms with Crippen LogP contribution < -0.4 is 15.2 Å². The molecule has 0 saturated heterocycles. The fourth-order valence-corrected chi connectivity index (χ4v) is 2.25. The minimum absolute atomic E-state index is 0.226. The molecule has 4 heteroatoms. The van der Waals surface area contributed by atoms with Crippen LogP contribution in [-0.4, -0.2) is 12.8 Å². The first-order chi connectivity index (χ1) is 9.19. The average molecular weight is 259 g/mol. The number of hydrogen-bond acceptors (Lipinski definition) is 3. The number of benzene rings is 2. The lowest BCUT2D eigenvalue weighted by atomic mass is 9.99.